The number of benzene rings is 3. The molecule has 9 heteroatoms. The first-order valence-electron chi connectivity index (χ1n) is 12.9. The molecule has 0 spiro atoms. The van der Waals surface area contributed by atoms with Crippen molar-refractivity contribution in [1.82, 2.24) is 9.62 Å². The second kappa shape index (κ2) is 11.4. The summed E-state index contributed by atoms with van der Waals surface area (Å²) in [5, 5.41) is 2.93. The number of para-hydroxylation sites is 2. The summed E-state index contributed by atoms with van der Waals surface area (Å²) >= 11 is 0. The number of ether oxygens (including phenoxy) is 1. The Morgan fingerprint density at radius 3 is 2.34 bits per heavy atom. The van der Waals surface area contributed by atoms with Crippen LogP contribution in [0.3, 0.4) is 0 Å². The standard InChI is InChI=1S/C29H31N3O5S/c33-28(30-18-17-22-10-3-1-4-11-22)27-21-32(25-15-7-8-16-26(25)37-27)29(34)23-12-9-19-31(20-23)38(35,36)24-13-5-2-6-14-24/h1-8,10-11,13-16,23,27H,9,12,17-21H2,(H,30,33)/t23-,27+/m1/s1. The third-order valence-corrected chi connectivity index (χ3v) is 8.88. The molecule has 38 heavy (non-hydrogen) atoms. The van der Waals surface area contributed by atoms with Crippen molar-refractivity contribution >= 4 is 27.5 Å². The first kappa shape index (κ1) is 25.9. The van der Waals surface area contributed by atoms with Crippen LogP contribution >= 0.6 is 0 Å². The predicted octanol–water partition coefficient (Wildman–Crippen LogP) is 3.24. The first-order chi connectivity index (χ1) is 18.4. The number of hydrogen-bond acceptors (Lipinski definition) is 5. The summed E-state index contributed by atoms with van der Waals surface area (Å²) in [4.78, 5) is 28.6. The fourth-order valence-corrected chi connectivity index (χ4v) is 6.54. The van der Waals surface area contributed by atoms with E-state index in [2.05, 4.69) is 5.32 Å². The molecule has 5 rings (SSSR count). The van der Waals surface area contributed by atoms with Gasteiger partial charge in [0.15, 0.2) is 6.10 Å². The van der Waals surface area contributed by atoms with Crippen LogP contribution in [0.15, 0.2) is 89.8 Å². The lowest BCUT2D eigenvalue weighted by Gasteiger charge is -2.38. The van der Waals surface area contributed by atoms with Gasteiger partial charge in [-0.1, -0.05) is 60.7 Å². The van der Waals surface area contributed by atoms with Gasteiger partial charge in [0, 0.05) is 19.6 Å². The van der Waals surface area contributed by atoms with Gasteiger partial charge in [-0.25, -0.2) is 8.42 Å². The van der Waals surface area contributed by atoms with Crippen molar-refractivity contribution in [1.29, 1.82) is 0 Å². The Morgan fingerprint density at radius 2 is 1.58 bits per heavy atom. The molecule has 2 heterocycles. The molecule has 0 saturated carbocycles. The van der Waals surface area contributed by atoms with Gasteiger partial charge in [0.05, 0.1) is 23.0 Å². The maximum Gasteiger partial charge on any atom is 0.262 e. The highest BCUT2D eigenvalue weighted by Gasteiger charge is 2.39. The zero-order chi connectivity index (χ0) is 26.5. The number of carbonyl (C=O) groups is 2. The van der Waals surface area contributed by atoms with Gasteiger partial charge in [0.25, 0.3) is 5.91 Å². The molecule has 2 atom stereocenters. The van der Waals surface area contributed by atoms with Gasteiger partial charge in [-0.3, -0.25) is 9.59 Å². The van der Waals surface area contributed by atoms with E-state index in [9.17, 15) is 18.0 Å². The molecule has 0 bridgehead atoms. The second-order valence-corrected chi connectivity index (χ2v) is 11.5. The largest absolute Gasteiger partial charge is 0.477 e. The summed E-state index contributed by atoms with van der Waals surface area (Å²) in [5.41, 5.74) is 1.71. The van der Waals surface area contributed by atoms with E-state index in [1.165, 1.54) is 4.31 Å². The highest BCUT2D eigenvalue weighted by molar-refractivity contribution is 7.89. The van der Waals surface area contributed by atoms with Gasteiger partial charge in [-0.05, 0) is 49.1 Å². The molecule has 0 aliphatic carbocycles. The maximum absolute atomic E-state index is 13.8. The molecule has 3 aromatic rings. The highest BCUT2D eigenvalue weighted by Crippen LogP contribution is 2.35. The molecule has 1 saturated heterocycles. The summed E-state index contributed by atoms with van der Waals surface area (Å²) in [7, 11) is -3.70. The van der Waals surface area contributed by atoms with Crippen molar-refractivity contribution in [2.45, 2.75) is 30.3 Å². The fraction of sp³-hybridized carbons (Fsp3) is 0.310. The molecule has 2 aliphatic rings. The smallest absolute Gasteiger partial charge is 0.262 e. The van der Waals surface area contributed by atoms with Crippen LogP contribution in [0, 0.1) is 5.92 Å². The number of hydrogen-bond donors (Lipinski definition) is 1. The van der Waals surface area contributed by atoms with Crippen molar-refractivity contribution in [2.75, 3.05) is 31.1 Å². The number of rotatable bonds is 7. The molecule has 0 radical (unpaired) electrons. The number of piperidine rings is 1. The number of anilines is 1. The lowest BCUT2D eigenvalue weighted by molar-refractivity contribution is -0.129. The van der Waals surface area contributed by atoms with E-state index >= 15 is 0 Å². The quantitative estimate of drug-likeness (QED) is 0.503. The van der Waals surface area contributed by atoms with Gasteiger partial charge < -0.3 is 15.0 Å². The van der Waals surface area contributed by atoms with Gasteiger partial charge in [0.2, 0.25) is 15.9 Å². The van der Waals surface area contributed by atoms with E-state index in [4.69, 9.17) is 4.74 Å². The second-order valence-electron chi connectivity index (χ2n) is 9.56. The summed E-state index contributed by atoms with van der Waals surface area (Å²) in [5.74, 6) is -0.545. The lowest BCUT2D eigenvalue weighted by Crippen LogP contribution is -2.54. The number of nitrogens with one attached hydrogen (secondary N) is 1. The molecule has 2 amide bonds. The number of carbonyl (C=O) groups excluding carboxylic acids is 2. The van der Waals surface area contributed by atoms with Crippen molar-refractivity contribution in [2.24, 2.45) is 5.92 Å². The van der Waals surface area contributed by atoms with Crippen LogP contribution in [0.4, 0.5) is 5.69 Å². The van der Waals surface area contributed by atoms with Crippen molar-refractivity contribution in [3.63, 3.8) is 0 Å². The third kappa shape index (κ3) is 5.58. The Morgan fingerprint density at radius 1 is 0.895 bits per heavy atom. The summed E-state index contributed by atoms with van der Waals surface area (Å²) in [6, 6.07) is 25.3. The van der Waals surface area contributed by atoms with Crippen LogP contribution in [0.5, 0.6) is 5.75 Å². The normalized spacial score (nSPS) is 19.7. The third-order valence-electron chi connectivity index (χ3n) is 7.00. The zero-order valence-electron chi connectivity index (χ0n) is 21.0. The average molecular weight is 534 g/mol. The fourth-order valence-electron chi connectivity index (χ4n) is 4.99. The van der Waals surface area contributed by atoms with E-state index in [1.54, 1.807) is 53.4 Å². The van der Waals surface area contributed by atoms with E-state index in [0.717, 1.165) is 5.56 Å². The van der Waals surface area contributed by atoms with E-state index in [1.807, 2.05) is 36.4 Å². The van der Waals surface area contributed by atoms with Gasteiger partial charge in [-0.2, -0.15) is 4.31 Å². The maximum atomic E-state index is 13.8. The molecule has 198 valence electrons. The van der Waals surface area contributed by atoms with Gasteiger partial charge in [-0.15, -0.1) is 0 Å². The van der Waals surface area contributed by atoms with Crippen LogP contribution in [0.25, 0.3) is 0 Å². The number of sulfonamides is 1. The van der Waals surface area contributed by atoms with Crippen LogP contribution in [-0.4, -0.2) is 56.8 Å². The first-order valence-corrected chi connectivity index (χ1v) is 14.3. The minimum Gasteiger partial charge on any atom is -0.477 e. The summed E-state index contributed by atoms with van der Waals surface area (Å²) in [6.07, 6.45) is 0.981. The van der Waals surface area contributed by atoms with Crippen molar-refractivity contribution in [3.05, 3.63) is 90.5 Å². The van der Waals surface area contributed by atoms with Gasteiger partial charge >= 0.3 is 0 Å². The van der Waals surface area contributed by atoms with Crippen LogP contribution in [-0.2, 0) is 26.0 Å². The number of nitrogens with zero attached hydrogens (tertiary/aromatic N) is 2. The molecular formula is C29H31N3O5S. The van der Waals surface area contributed by atoms with Gasteiger partial charge in [0.1, 0.15) is 5.75 Å². The molecule has 8 nitrogen and oxygen atoms in total. The Hall–Kier alpha value is -3.69. The van der Waals surface area contributed by atoms with E-state index in [-0.39, 0.29) is 29.8 Å². The lowest BCUT2D eigenvalue weighted by atomic mass is 9.97. The zero-order valence-corrected chi connectivity index (χ0v) is 21.8. The highest BCUT2D eigenvalue weighted by atomic mass is 32.2. The minimum atomic E-state index is -3.70. The van der Waals surface area contributed by atoms with E-state index < -0.39 is 22.0 Å². The molecule has 2 aliphatic heterocycles. The molecule has 0 aromatic heterocycles. The Balaban J connectivity index is 1.29. The number of amides is 2. The monoisotopic (exact) mass is 533 g/mol. The topological polar surface area (TPSA) is 96.0 Å². The van der Waals surface area contributed by atoms with Crippen molar-refractivity contribution < 1.29 is 22.7 Å². The Labute approximate surface area is 223 Å². The van der Waals surface area contributed by atoms with Crippen LogP contribution in [0.2, 0.25) is 0 Å². The Kier molecular flexibility index (Phi) is 7.76. The molecule has 3 aromatic carbocycles. The van der Waals surface area contributed by atoms with E-state index in [0.29, 0.717) is 43.8 Å². The van der Waals surface area contributed by atoms with Crippen LogP contribution in [0.1, 0.15) is 18.4 Å². The van der Waals surface area contributed by atoms with Crippen LogP contribution < -0.4 is 15.0 Å². The molecule has 1 N–H and O–H groups in total. The Bertz CT molecular complexity index is 1380. The number of fused-ring (bicyclic) bond motifs is 1. The molecule has 1 fully saturated rings. The average Bonchev–Trinajstić information content (AvgIpc) is 2.97. The summed E-state index contributed by atoms with van der Waals surface area (Å²) < 4.78 is 33.8. The molecule has 0 unspecified atom stereocenters. The molecular weight excluding hydrogens is 502 g/mol. The predicted molar refractivity (Wildman–Crippen MR) is 144 cm³/mol. The van der Waals surface area contributed by atoms with Crippen molar-refractivity contribution in [3.8, 4) is 5.75 Å². The SMILES string of the molecule is O=C(NCCc1ccccc1)[C@@H]1CN(C(=O)[C@@H]2CCCN(S(=O)(=O)c3ccccc3)C2)c2ccccc2O1. The minimum absolute atomic E-state index is 0.0644. The summed E-state index contributed by atoms with van der Waals surface area (Å²) in [6.45, 7) is 0.985.